The smallest absolute Gasteiger partial charge is 0.333 e. The summed E-state index contributed by atoms with van der Waals surface area (Å²) in [5, 5.41) is 0. The van der Waals surface area contributed by atoms with Crippen LogP contribution in [0.5, 0.6) is 5.75 Å². The molecule has 0 radical (unpaired) electrons. The minimum Gasteiger partial charge on any atom is -0.464 e. The van der Waals surface area contributed by atoms with E-state index in [1.165, 1.54) is 12.3 Å². The molecule has 0 atom stereocenters. The lowest BCUT2D eigenvalue weighted by Crippen LogP contribution is -2.18. The Labute approximate surface area is 144 Å². The van der Waals surface area contributed by atoms with Gasteiger partial charge < -0.3 is 9.47 Å². The average molecular weight is 332 g/mol. The lowest BCUT2D eigenvalue weighted by atomic mass is 9.79. The van der Waals surface area contributed by atoms with Crippen molar-refractivity contribution >= 4 is 12.3 Å². The van der Waals surface area contributed by atoms with Gasteiger partial charge >= 0.3 is 5.97 Å². The number of carbonyl (C=O) groups is 2. The van der Waals surface area contributed by atoms with Gasteiger partial charge in [-0.15, -0.1) is 0 Å². The molecule has 1 aromatic carbocycles. The minimum absolute atomic E-state index is 0.0862. The average Bonchev–Trinajstić information content (AvgIpc) is 2.45. The van der Waals surface area contributed by atoms with Crippen LogP contribution in [0.25, 0.3) is 0 Å². The summed E-state index contributed by atoms with van der Waals surface area (Å²) in [5.74, 6) is -0.000165. The number of esters is 1. The summed E-state index contributed by atoms with van der Waals surface area (Å²) in [6.07, 6.45) is 3.27. The largest absolute Gasteiger partial charge is 0.464 e. The highest BCUT2D eigenvalue weighted by atomic mass is 16.5. The van der Waals surface area contributed by atoms with Gasteiger partial charge in [-0.05, 0) is 29.4 Å². The summed E-state index contributed by atoms with van der Waals surface area (Å²) in [7, 11) is 0. The second-order valence-electron chi connectivity index (χ2n) is 7.73. The van der Waals surface area contributed by atoms with Crippen molar-refractivity contribution in [3.8, 4) is 5.75 Å². The fourth-order valence-electron chi connectivity index (χ4n) is 2.21. The maximum absolute atomic E-state index is 11.6. The summed E-state index contributed by atoms with van der Waals surface area (Å²) in [6, 6.07) is 3.91. The van der Waals surface area contributed by atoms with Gasteiger partial charge in [0, 0.05) is 5.56 Å². The quantitative estimate of drug-likeness (QED) is 0.343. The molecule has 0 saturated heterocycles. The number of benzene rings is 1. The second-order valence-corrected chi connectivity index (χ2v) is 7.73. The Morgan fingerprint density at radius 2 is 1.71 bits per heavy atom. The molecule has 1 rings (SSSR count). The molecule has 0 aliphatic carbocycles. The Bertz CT molecular complexity index is 628. The Kier molecular flexibility index (Phi) is 6.35. The first-order valence-corrected chi connectivity index (χ1v) is 8.14. The molecule has 0 saturated carbocycles. The molecule has 0 N–H and O–H groups in total. The molecule has 0 spiro atoms. The van der Waals surface area contributed by atoms with Gasteiger partial charge in [-0.1, -0.05) is 47.6 Å². The number of aldehydes is 1. The van der Waals surface area contributed by atoms with Crippen LogP contribution in [-0.2, 0) is 20.4 Å². The van der Waals surface area contributed by atoms with Crippen molar-refractivity contribution in [3.63, 3.8) is 0 Å². The van der Waals surface area contributed by atoms with Crippen molar-refractivity contribution in [2.75, 3.05) is 6.61 Å². The van der Waals surface area contributed by atoms with Crippen molar-refractivity contribution in [1.82, 2.24) is 0 Å². The van der Waals surface area contributed by atoms with E-state index in [0.29, 0.717) is 17.9 Å². The van der Waals surface area contributed by atoms with Crippen molar-refractivity contribution in [2.45, 2.75) is 59.3 Å². The van der Waals surface area contributed by atoms with Crippen LogP contribution in [0.15, 0.2) is 24.5 Å². The molecule has 0 fully saturated rings. The highest BCUT2D eigenvalue weighted by Gasteiger charge is 2.25. The van der Waals surface area contributed by atoms with E-state index >= 15 is 0 Å². The molecule has 0 unspecified atom stereocenters. The molecule has 0 aromatic heterocycles. The molecule has 24 heavy (non-hydrogen) atoms. The van der Waals surface area contributed by atoms with Crippen molar-refractivity contribution in [2.24, 2.45) is 0 Å². The molecule has 0 bridgehead atoms. The van der Waals surface area contributed by atoms with Crippen LogP contribution in [0.4, 0.5) is 0 Å². The Balaban J connectivity index is 3.36. The molecular formula is C20H28O4. The summed E-state index contributed by atoms with van der Waals surface area (Å²) in [6.45, 7) is 14.5. The van der Waals surface area contributed by atoms with E-state index in [2.05, 4.69) is 47.6 Å². The molecule has 4 heteroatoms. The van der Waals surface area contributed by atoms with Gasteiger partial charge in [0.1, 0.15) is 5.75 Å². The zero-order valence-corrected chi connectivity index (χ0v) is 15.7. The van der Waals surface area contributed by atoms with E-state index in [1.807, 2.05) is 6.07 Å². The third-order valence-corrected chi connectivity index (χ3v) is 3.60. The van der Waals surface area contributed by atoms with E-state index in [4.69, 9.17) is 9.47 Å². The van der Waals surface area contributed by atoms with Crippen LogP contribution in [0.1, 0.15) is 70.0 Å². The molecule has 0 aliphatic heterocycles. The molecule has 0 aliphatic rings. The van der Waals surface area contributed by atoms with Gasteiger partial charge in [-0.25, -0.2) is 4.79 Å². The molecule has 132 valence electrons. The highest BCUT2D eigenvalue weighted by Crippen LogP contribution is 2.38. The topological polar surface area (TPSA) is 52.6 Å². The zero-order chi connectivity index (χ0) is 18.5. The van der Waals surface area contributed by atoms with E-state index in [9.17, 15) is 9.59 Å². The third-order valence-electron chi connectivity index (χ3n) is 3.60. The van der Waals surface area contributed by atoms with Gasteiger partial charge in [-0.3, -0.25) is 4.79 Å². The van der Waals surface area contributed by atoms with Gasteiger partial charge in [0.15, 0.2) is 6.29 Å². The highest BCUT2D eigenvalue weighted by molar-refractivity contribution is 5.83. The first kappa shape index (κ1) is 19.9. The van der Waals surface area contributed by atoms with Crippen LogP contribution < -0.4 is 4.74 Å². The number of hydrogen-bond acceptors (Lipinski definition) is 4. The van der Waals surface area contributed by atoms with E-state index in [0.717, 1.165) is 17.4 Å². The van der Waals surface area contributed by atoms with Gasteiger partial charge in [-0.2, -0.15) is 0 Å². The van der Waals surface area contributed by atoms with Crippen LogP contribution >= 0.6 is 0 Å². The van der Waals surface area contributed by atoms with Gasteiger partial charge in [0.2, 0.25) is 0 Å². The fraction of sp³-hybridized carbons (Fsp3) is 0.500. The third kappa shape index (κ3) is 5.22. The number of carbonyl (C=O) groups excluding carboxylic acids is 2. The van der Waals surface area contributed by atoms with Gasteiger partial charge in [0.25, 0.3) is 0 Å². The number of hydrogen-bond donors (Lipinski definition) is 0. The minimum atomic E-state index is -0.478. The molecular weight excluding hydrogens is 304 g/mol. The predicted molar refractivity (Wildman–Crippen MR) is 95.6 cm³/mol. The molecule has 1 aromatic rings. The molecule has 4 nitrogen and oxygen atoms in total. The van der Waals surface area contributed by atoms with E-state index in [1.54, 1.807) is 6.92 Å². The van der Waals surface area contributed by atoms with Crippen molar-refractivity contribution in [1.29, 1.82) is 0 Å². The van der Waals surface area contributed by atoms with Crippen LogP contribution in [-0.4, -0.2) is 18.9 Å². The van der Waals surface area contributed by atoms with Gasteiger partial charge in [0.05, 0.1) is 24.5 Å². The lowest BCUT2D eigenvalue weighted by molar-refractivity contribution is -0.137. The maximum atomic E-state index is 11.6. The molecule has 0 heterocycles. The summed E-state index contributed by atoms with van der Waals surface area (Å²) in [5.41, 5.74) is 2.16. The van der Waals surface area contributed by atoms with Crippen molar-refractivity contribution in [3.05, 3.63) is 41.2 Å². The monoisotopic (exact) mass is 332 g/mol. The fourth-order valence-corrected chi connectivity index (χ4v) is 2.21. The summed E-state index contributed by atoms with van der Waals surface area (Å²) in [4.78, 5) is 23.0. The SMILES string of the molecule is CCOC(=O)C=COc1c(C=O)cc(C(C)(C)C)cc1C(C)(C)C. The normalized spacial score (nSPS) is 12.3. The summed E-state index contributed by atoms with van der Waals surface area (Å²) < 4.78 is 10.5. The summed E-state index contributed by atoms with van der Waals surface area (Å²) >= 11 is 0. The number of ether oxygens (including phenoxy) is 2. The predicted octanol–water partition coefficient (Wildman–Crippen LogP) is 4.55. The Hall–Kier alpha value is -2.10. The molecule has 0 amide bonds. The maximum Gasteiger partial charge on any atom is 0.333 e. The first-order valence-electron chi connectivity index (χ1n) is 8.14. The second kappa shape index (κ2) is 7.65. The number of rotatable bonds is 5. The van der Waals surface area contributed by atoms with Crippen LogP contribution in [0.3, 0.4) is 0 Å². The van der Waals surface area contributed by atoms with Crippen molar-refractivity contribution < 1.29 is 19.1 Å². The Morgan fingerprint density at radius 3 is 2.17 bits per heavy atom. The Morgan fingerprint density at radius 1 is 1.08 bits per heavy atom. The van der Waals surface area contributed by atoms with Crippen LogP contribution in [0, 0.1) is 0 Å². The standard InChI is InChI=1S/C20H28O4/c1-8-23-17(22)9-10-24-18-14(13-21)11-15(19(2,3)4)12-16(18)20(5,6)7/h9-13H,8H2,1-7H3. The van der Waals surface area contributed by atoms with E-state index < -0.39 is 5.97 Å². The zero-order valence-electron chi connectivity index (χ0n) is 15.7. The lowest BCUT2D eigenvalue weighted by Gasteiger charge is -2.27. The van der Waals surface area contributed by atoms with E-state index in [-0.39, 0.29) is 10.8 Å². The first-order chi connectivity index (χ1) is 11.0. The van der Waals surface area contributed by atoms with Crippen LogP contribution in [0.2, 0.25) is 0 Å².